The fraction of sp³-hybridized carbons (Fsp3) is 0.846. The van der Waals surface area contributed by atoms with Crippen molar-refractivity contribution >= 4 is 20.1 Å². The minimum Gasteiger partial charge on any atom is -0.457 e. The van der Waals surface area contributed by atoms with E-state index in [2.05, 4.69) is 0 Å². The van der Waals surface area contributed by atoms with Gasteiger partial charge < -0.3 is 24.0 Å². The van der Waals surface area contributed by atoms with Gasteiger partial charge >= 0.3 is 13.8 Å². The first-order chi connectivity index (χ1) is 10.6. The van der Waals surface area contributed by atoms with Gasteiger partial charge in [-0.25, -0.2) is 4.57 Å². The summed E-state index contributed by atoms with van der Waals surface area (Å²) < 4.78 is 26.6. The Kier molecular flexibility index (Phi) is 10.5. The first-order valence-corrected chi connectivity index (χ1v) is 8.75. The van der Waals surface area contributed by atoms with Crippen molar-refractivity contribution in [3.63, 3.8) is 0 Å². The Hall–Kier alpha value is -0.830. The Bertz CT molecular complexity index is 409. The number of aliphatic hydroxyl groups excluding tert-OH is 1. The lowest BCUT2D eigenvalue weighted by molar-refractivity contribution is -0.870. The summed E-state index contributed by atoms with van der Waals surface area (Å²) in [6, 6.07) is 0. The predicted octanol–water partition coefficient (Wildman–Crippen LogP) is 0.0995. The van der Waals surface area contributed by atoms with Crippen molar-refractivity contribution in [2.75, 3.05) is 47.5 Å². The highest BCUT2D eigenvalue weighted by atomic mass is 31.2. The molecule has 2 atom stereocenters. The van der Waals surface area contributed by atoms with Gasteiger partial charge in [0, 0.05) is 12.8 Å². The largest absolute Gasteiger partial charge is 0.472 e. The Morgan fingerprint density at radius 3 is 2.48 bits per heavy atom. The smallest absolute Gasteiger partial charge is 0.457 e. The maximum absolute atomic E-state index is 11.7. The molecule has 23 heavy (non-hydrogen) atoms. The Labute approximate surface area is 136 Å². The molecule has 0 saturated carbocycles. The number of unbranched alkanes of at least 4 members (excludes halogenated alkanes) is 1. The van der Waals surface area contributed by atoms with Crippen LogP contribution in [0, 0.1) is 0 Å². The van der Waals surface area contributed by atoms with Crippen LogP contribution in [0.5, 0.6) is 0 Å². The molecule has 10 heteroatoms. The number of hydrogen-bond donors (Lipinski definition) is 2. The molecule has 0 amide bonds. The third-order valence-electron chi connectivity index (χ3n) is 2.64. The van der Waals surface area contributed by atoms with Gasteiger partial charge in [-0.1, -0.05) is 0 Å². The lowest BCUT2D eigenvalue weighted by atomic mass is 10.2. The maximum atomic E-state index is 11.7. The summed E-state index contributed by atoms with van der Waals surface area (Å²) in [5.74, 6) is -0.617. The van der Waals surface area contributed by atoms with Gasteiger partial charge in [-0.05, 0) is 6.42 Å². The summed E-state index contributed by atoms with van der Waals surface area (Å²) in [5.41, 5.74) is 0. The molecule has 0 radical (unpaired) electrons. The molecule has 0 aliphatic carbocycles. The normalized spacial score (nSPS) is 15.7. The summed E-state index contributed by atoms with van der Waals surface area (Å²) in [7, 11) is 1.43. The second-order valence-corrected chi connectivity index (χ2v) is 7.42. The highest BCUT2D eigenvalue weighted by Gasteiger charge is 2.25. The van der Waals surface area contributed by atoms with E-state index in [0.29, 0.717) is 23.7 Å². The van der Waals surface area contributed by atoms with E-state index in [9.17, 15) is 19.0 Å². The molecular weight excluding hydrogens is 329 g/mol. The van der Waals surface area contributed by atoms with Crippen LogP contribution in [0.1, 0.15) is 19.3 Å². The molecule has 9 nitrogen and oxygen atoms in total. The number of phosphoric ester groups is 1. The van der Waals surface area contributed by atoms with E-state index >= 15 is 0 Å². The van der Waals surface area contributed by atoms with Gasteiger partial charge in [0.1, 0.15) is 25.5 Å². The molecule has 2 N–H and O–H groups in total. The van der Waals surface area contributed by atoms with E-state index in [1.807, 2.05) is 21.1 Å². The molecule has 0 heterocycles. The quantitative estimate of drug-likeness (QED) is 0.157. The second kappa shape index (κ2) is 10.9. The van der Waals surface area contributed by atoms with E-state index in [1.165, 1.54) is 0 Å². The summed E-state index contributed by atoms with van der Waals surface area (Å²) >= 11 is 0. The molecule has 0 aliphatic heterocycles. The predicted molar refractivity (Wildman–Crippen MR) is 81.5 cm³/mol. The highest BCUT2D eigenvalue weighted by molar-refractivity contribution is 7.47. The molecule has 0 saturated heterocycles. The van der Waals surface area contributed by atoms with Crippen LogP contribution in [0.3, 0.4) is 0 Å². The number of hydrogen-bond acceptors (Lipinski definition) is 7. The van der Waals surface area contributed by atoms with E-state index < -0.39 is 33.1 Å². The zero-order valence-electron chi connectivity index (χ0n) is 13.8. The third kappa shape index (κ3) is 13.3. The Morgan fingerprint density at radius 2 is 1.96 bits per heavy atom. The Morgan fingerprint density at radius 1 is 1.30 bits per heavy atom. The van der Waals surface area contributed by atoms with Gasteiger partial charge in [-0.3, -0.25) is 13.8 Å². The van der Waals surface area contributed by atoms with Crippen molar-refractivity contribution in [1.82, 2.24) is 0 Å². The number of phosphoric acid groups is 1. The van der Waals surface area contributed by atoms with Gasteiger partial charge in [0.25, 0.3) is 0 Å². The molecule has 0 aromatic rings. The summed E-state index contributed by atoms with van der Waals surface area (Å²) in [6.45, 7) is -0.498. The molecule has 0 rings (SSSR count). The zero-order chi connectivity index (χ0) is 17.9. The summed E-state index contributed by atoms with van der Waals surface area (Å²) in [6.07, 6.45) is 0.220. The van der Waals surface area contributed by atoms with Gasteiger partial charge in [-0.15, -0.1) is 0 Å². The van der Waals surface area contributed by atoms with E-state index in [4.69, 9.17) is 18.9 Å². The lowest BCUT2D eigenvalue weighted by Gasteiger charge is -2.24. The molecule has 0 bridgehead atoms. The summed E-state index contributed by atoms with van der Waals surface area (Å²) in [4.78, 5) is 31.1. The third-order valence-corrected chi connectivity index (χ3v) is 3.63. The van der Waals surface area contributed by atoms with Crippen molar-refractivity contribution in [2.45, 2.75) is 25.4 Å². The monoisotopic (exact) mass is 356 g/mol. The first-order valence-electron chi connectivity index (χ1n) is 7.26. The number of ether oxygens (including phenoxy) is 1. The summed E-state index contributed by atoms with van der Waals surface area (Å²) in [5, 5.41) is 9.10. The van der Waals surface area contributed by atoms with Gasteiger partial charge in [0.05, 0.1) is 34.4 Å². The van der Waals surface area contributed by atoms with Crippen LogP contribution in [-0.2, 0) is 27.9 Å². The maximum Gasteiger partial charge on any atom is 0.472 e. The van der Waals surface area contributed by atoms with Crippen molar-refractivity contribution in [2.24, 2.45) is 0 Å². The molecule has 0 aliphatic rings. The average molecular weight is 356 g/mol. The van der Waals surface area contributed by atoms with Crippen molar-refractivity contribution in [3.05, 3.63) is 0 Å². The van der Waals surface area contributed by atoms with E-state index in [0.717, 1.165) is 0 Å². The molecule has 0 spiro atoms. The van der Waals surface area contributed by atoms with Crippen molar-refractivity contribution < 1.29 is 42.4 Å². The number of quaternary nitrogens is 1. The lowest BCUT2D eigenvalue weighted by Crippen LogP contribution is -2.37. The van der Waals surface area contributed by atoms with Crippen LogP contribution in [-0.4, -0.2) is 80.4 Å². The number of carbonyl (C=O) groups excluding carboxylic acids is 2. The fourth-order valence-corrected chi connectivity index (χ4v) is 2.08. The average Bonchev–Trinajstić information content (AvgIpc) is 2.42. The number of esters is 1. The zero-order valence-corrected chi connectivity index (χ0v) is 14.7. The van der Waals surface area contributed by atoms with Crippen LogP contribution >= 0.6 is 7.82 Å². The number of aliphatic hydroxyl groups is 1. The van der Waals surface area contributed by atoms with Crippen LogP contribution in [0.25, 0.3) is 0 Å². The van der Waals surface area contributed by atoms with Gasteiger partial charge in [0.15, 0.2) is 0 Å². The molecule has 1 unspecified atom stereocenters. The number of nitrogens with zero attached hydrogens (tertiary/aromatic N) is 1. The molecule has 0 aromatic carbocycles. The van der Waals surface area contributed by atoms with Crippen LogP contribution in [0.15, 0.2) is 0 Å². The molecule has 0 fully saturated rings. The van der Waals surface area contributed by atoms with Crippen molar-refractivity contribution in [3.8, 4) is 0 Å². The number of carbonyl (C=O) groups is 2. The minimum atomic E-state index is -4.27. The standard InChI is InChI=1S/C13H26NO8P/c1-14(2,3)7-9-20-23(18,19)21-11-12(10-16)22-13(17)6-4-5-8-15/h8,12,16H,4-7,9-11H2,1-3H3/p+1/t12-/m1/s1. The molecule has 136 valence electrons. The Balaban J connectivity index is 4.14. The van der Waals surface area contributed by atoms with E-state index in [-0.39, 0.29) is 19.4 Å². The van der Waals surface area contributed by atoms with Gasteiger partial charge in [0.2, 0.25) is 0 Å². The topological polar surface area (TPSA) is 119 Å². The minimum absolute atomic E-state index is 0.0199. The highest BCUT2D eigenvalue weighted by Crippen LogP contribution is 2.43. The van der Waals surface area contributed by atoms with Crippen LogP contribution in [0.2, 0.25) is 0 Å². The van der Waals surface area contributed by atoms with Crippen LogP contribution < -0.4 is 0 Å². The number of aldehydes is 1. The fourth-order valence-electron chi connectivity index (χ4n) is 1.34. The molecule has 0 aromatic heterocycles. The van der Waals surface area contributed by atoms with Crippen molar-refractivity contribution in [1.29, 1.82) is 0 Å². The number of likely N-dealkylation sites (N-methyl/N-ethyl adjacent to an activating group) is 1. The second-order valence-electron chi connectivity index (χ2n) is 5.96. The first kappa shape index (κ1) is 22.2. The molecular formula is C13H27NO8P+. The van der Waals surface area contributed by atoms with Crippen LogP contribution in [0.4, 0.5) is 0 Å². The SMILES string of the molecule is C[N+](C)(C)CCOP(=O)(O)OC[C@@H](CO)OC(=O)CCCC=O. The number of rotatable bonds is 13. The van der Waals surface area contributed by atoms with E-state index in [1.54, 1.807) is 0 Å². The van der Waals surface area contributed by atoms with Gasteiger partial charge in [-0.2, -0.15) is 0 Å².